The Kier molecular flexibility index (Phi) is 11.9. The molecule has 2 aliphatic heterocycles. The first kappa shape index (κ1) is 33.8. The number of fused-ring (bicyclic) bond motifs is 2. The van der Waals surface area contributed by atoms with Crippen LogP contribution in [-0.4, -0.2) is 29.4 Å². The van der Waals surface area contributed by atoms with Crippen molar-refractivity contribution in [2.24, 2.45) is 0 Å². The molecule has 11 heteroatoms. The molecule has 0 unspecified atom stereocenters. The molecule has 0 fully saturated rings. The Balaban J connectivity index is 0.000000206. The van der Waals surface area contributed by atoms with Crippen LogP contribution in [-0.2, 0) is 49.6 Å². The molecule has 0 amide bonds. The minimum absolute atomic E-state index is 0. The van der Waals surface area contributed by atoms with E-state index < -0.39 is 14.2 Å². The van der Waals surface area contributed by atoms with E-state index in [1.165, 1.54) is 6.07 Å². The van der Waals surface area contributed by atoms with Gasteiger partial charge in [0.25, 0.3) is 0 Å². The molecule has 5 aromatic rings. The van der Waals surface area contributed by atoms with Gasteiger partial charge in [-0.25, -0.2) is 0 Å². The topological polar surface area (TPSA) is 107 Å². The third-order valence-corrected chi connectivity index (χ3v) is 6.90. The Morgan fingerprint density at radius 3 is 1.67 bits per heavy atom. The minimum Gasteiger partial charge on any atom is -0.508 e. The summed E-state index contributed by atoms with van der Waals surface area (Å²) in [6.07, 6.45) is 0. The Labute approximate surface area is 277 Å². The molecule has 232 valence electrons. The van der Waals surface area contributed by atoms with Crippen molar-refractivity contribution in [2.45, 2.75) is 19.8 Å². The normalized spacial score (nSPS) is 12.5. The van der Waals surface area contributed by atoms with Gasteiger partial charge in [0.1, 0.15) is 41.1 Å². The number of rotatable bonds is 7. The van der Waals surface area contributed by atoms with Crippen molar-refractivity contribution in [3.63, 3.8) is 0 Å². The summed E-state index contributed by atoms with van der Waals surface area (Å²) in [5.74, 6) is 3.37. The number of aromatic hydroxyl groups is 1. The molecular formula is C34H31B2O8Pd-. The van der Waals surface area contributed by atoms with Gasteiger partial charge in [-0.15, -0.1) is 0 Å². The molecule has 0 aromatic heterocycles. The maximum absolute atomic E-state index is 9.80. The molecule has 3 N–H and O–H groups in total. The average molecular weight is 696 g/mol. The zero-order valence-electron chi connectivity index (χ0n) is 24.4. The molecular weight excluding hydrogens is 664 g/mol. The molecule has 0 bridgehead atoms. The SMILES string of the molecule is OB1OCc2ccc(Oc3cccc(O)c3)cc21.OB1OCc2ccc(Oc3cccc(OCc4ccccc4)c3)cc21.[CH3-].[Pd]. The Morgan fingerprint density at radius 1 is 0.578 bits per heavy atom. The first-order chi connectivity index (χ1) is 21.0. The smallest absolute Gasteiger partial charge is 0.491 e. The zero-order chi connectivity index (χ0) is 29.6. The first-order valence-electron chi connectivity index (χ1n) is 13.8. The van der Waals surface area contributed by atoms with Crippen molar-refractivity contribution in [2.75, 3.05) is 0 Å². The summed E-state index contributed by atoms with van der Waals surface area (Å²) in [6.45, 7) is 1.36. The van der Waals surface area contributed by atoms with E-state index in [9.17, 15) is 15.2 Å². The maximum atomic E-state index is 9.80. The van der Waals surface area contributed by atoms with Crippen LogP contribution < -0.4 is 25.1 Å². The van der Waals surface area contributed by atoms with Gasteiger partial charge in [-0.2, -0.15) is 0 Å². The van der Waals surface area contributed by atoms with Gasteiger partial charge in [0.2, 0.25) is 0 Å². The van der Waals surface area contributed by atoms with Gasteiger partial charge in [-0.1, -0.05) is 54.6 Å². The van der Waals surface area contributed by atoms with Crippen LogP contribution in [0.15, 0.2) is 115 Å². The van der Waals surface area contributed by atoms with Crippen LogP contribution >= 0.6 is 0 Å². The second-order valence-corrected chi connectivity index (χ2v) is 10.00. The number of hydrogen-bond acceptors (Lipinski definition) is 8. The Hall–Kier alpha value is -4.07. The molecule has 0 saturated carbocycles. The molecule has 45 heavy (non-hydrogen) atoms. The fraction of sp³-hybridized carbons (Fsp3) is 0.0882. The van der Waals surface area contributed by atoms with E-state index in [1.807, 2.05) is 84.9 Å². The van der Waals surface area contributed by atoms with Gasteiger partial charge in [-0.05, 0) is 76.1 Å². The minimum atomic E-state index is -0.882. The van der Waals surface area contributed by atoms with Crippen molar-refractivity contribution in [3.05, 3.63) is 139 Å². The molecule has 2 aliphatic rings. The van der Waals surface area contributed by atoms with Crippen molar-refractivity contribution < 1.29 is 59.1 Å². The van der Waals surface area contributed by atoms with Crippen LogP contribution in [0.3, 0.4) is 0 Å². The molecule has 5 aromatic carbocycles. The standard InChI is InChI=1S/C20H17BO4.C13H11BO4.CH3.Pd/c22-21-20-12-19(10-9-16(20)14-24-21)25-18-8-4-7-17(11-18)23-13-15-5-2-1-3-6-15;15-10-2-1-3-11(6-10)18-12-5-4-9-8-17-14(16)13(9)7-12;;/h1-12,22H,13-14H2;1-7,15-16H,8H2;1H3;/q;;-1;. The van der Waals surface area contributed by atoms with Crippen LogP contribution in [0, 0.1) is 7.43 Å². The second kappa shape index (κ2) is 15.8. The van der Waals surface area contributed by atoms with Crippen LogP contribution in [0.4, 0.5) is 0 Å². The van der Waals surface area contributed by atoms with E-state index in [-0.39, 0.29) is 33.6 Å². The number of phenols is 1. The summed E-state index contributed by atoms with van der Waals surface area (Å²) < 4.78 is 27.6. The quantitative estimate of drug-likeness (QED) is 0.159. The summed E-state index contributed by atoms with van der Waals surface area (Å²) in [7, 11) is -1.76. The van der Waals surface area contributed by atoms with E-state index in [0.717, 1.165) is 33.4 Å². The first-order valence-corrected chi connectivity index (χ1v) is 13.8. The van der Waals surface area contributed by atoms with Gasteiger partial charge >= 0.3 is 14.2 Å². The third kappa shape index (κ3) is 8.77. The number of hydrogen-bond donors (Lipinski definition) is 3. The molecule has 0 aliphatic carbocycles. The van der Waals surface area contributed by atoms with Gasteiger partial charge in [0.15, 0.2) is 0 Å². The molecule has 2 heterocycles. The van der Waals surface area contributed by atoms with Crippen molar-refractivity contribution in [1.29, 1.82) is 0 Å². The van der Waals surface area contributed by atoms with Crippen LogP contribution in [0.1, 0.15) is 16.7 Å². The molecule has 0 radical (unpaired) electrons. The Morgan fingerprint density at radius 2 is 1.09 bits per heavy atom. The summed E-state index contributed by atoms with van der Waals surface area (Å²) in [5.41, 5.74) is 4.55. The van der Waals surface area contributed by atoms with Crippen LogP contribution in [0.25, 0.3) is 0 Å². The Bertz CT molecular complexity index is 1710. The third-order valence-electron chi connectivity index (χ3n) is 6.90. The van der Waals surface area contributed by atoms with Crippen molar-refractivity contribution in [3.8, 4) is 34.5 Å². The van der Waals surface area contributed by atoms with Gasteiger partial charge in [0, 0.05) is 32.6 Å². The summed E-state index contributed by atoms with van der Waals surface area (Å²) in [4.78, 5) is 0. The summed E-state index contributed by atoms with van der Waals surface area (Å²) >= 11 is 0. The molecule has 0 saturated heterocycles. The van der Waals surface area contributed by atoms with Crippen molar-refractivity contribution >= 4 is 25.2 Å². The predicted molar refractivity (Wildman–Crippen MR) is 170 cm³/mol. The van der Waals surface area contributed by atoms with Gasteiger partial charge < -0.3 is 46.1 Å². The van der Waals surface area contributed by atoms with Crippen molar-refractivity contribution in [1.82, 2.24) is 0 Å². The maximum Gasteiger partial charge on any atom is 0.491 e. The van der Waals surface area contributed by atoms with E-state index in [1.54, 1.807) is 24.3 Å². The van der Waals surface area contributed by atoms with E-state index >= 15 is 0 Å². The van der Waals surface area contributed by atoms with E-state index in [2.05, 4.69) is 0 Å². The van der Waals surface area contributed by atoms with Gasteiger partial charge in [0.05, 0.1) is 13.2 Å². The summed E-state index contributed by atoms with van der Waals surface area (Å²) in [5, 5.41) is 28.7. The second-order valence-electron chi connectivity index (χ2n) is 10.00. The van der Waals surface area contributed by atoms with Crippen LogP contribution in [0.5, 0.6) is 34.5 Å². The number of benzene rings is 5. The number of phenolic OH excluding ortho intramolecular Hbond substituents is 1. The fourth-order valence-corrected chi connectivity index (χ4v) is 4.70. The number of ether oxygens (including phenoxy) is 3. The molecule has 0 spiro atoms. The monoisotopic (exact) mass is 695 g/mol. The van der Waals surface area contributed by atoms with Gasteiger partial charge in [-0.3, -0.25) is 0 Å². The van der Waals surface area contributed by atoms with Crippen LogP contribution in [0.2, 0.25) is 0 Å². The average Bonchev–Trinajstić information content (AvgIpc) is 3.58. The van der Waals surface area contributed by atoms with E-state index in [4.69, 9.17) is 23.5 Å². The largest absolute Gasteiger partial charge is 0.508 e. The van der Waals surface area contributed by atoms with E-state index in [0.29, 0.717) is 42.8 Å². The zero-order valence-corrected chi connectivity index (χ0v) is 26.0. The fourth-order valence-electron chi connectivity index (χ4n) is 4.70. The molecule has 7 rings (SSSR count). The predicted octanol–water partition coefficient (Wildman–Crippen LogP) is 5.13. The summed E-state index contributed by atoms with van der Waals surface area (Å²) in [6, 6.07) is 35.1. The molecule has 0 atom stereocenters. The molecule has 8 nitrogen and oxygen atoms in total.